The lowest BCUT2D eigenvalue weighted by Crippen LogP contribution is -2.49. The third-order valence-corrected chi connectivity index (χ3v) is 4.05. The number of ether oxygens (including phenoxy) is 1. The second-order valence-electron chi connectivity index (χ2n) is 5.89. The highest BCUT2D eigenvalue weighted by Crippen LogP contribution is 2.19. The van der Waals surface area contributed by atoms with E-state index in [1.54, 1.807) is 26.0 Å². The van der Waals surface area contributed by atoms with Crippen molar-refractivity contribution in [1.82, 2.24) is 10.6 Å². The molecule has 5 nitrogen and oxygen atoms in total. The maximum absolute atomic E-state index is 13.5. The van der Waals surface area contributed by atoms with E-state index in [1.807, 2.05) is 0 Å². The van der Waals surface area contributed by atoms with Gasteiger partial charge in [0, 0.05) is 32.6 Å². The predicted octanol–water partition coefficient (Wildman–Crippen LogP) is 2.04. The van der Waals surface area contributed by atoms with Crippen LogP contribution in [0.1, 0.15) is 36.9 Å². The Morgan fingerprint density at radius 2 is 2.14 bits per heavy atom. The van der Waals surface area contributed by atoms with Gasteiger partial charge in [0.25, 0.3) is 0 Å². The van der Waals surface area contributed by atoms with Crippen LogP contribution in [-0.4, -0.2) is 36.5 Å². The SMILES string of the molecule is Cc1ccc([C@@H](C)NC(=O)NCC2(O)CCOCC2)cc1F. The van der Waals surface area contributed by atoms with E-state index in [4.69, 9.17) is 4.74 Å². The molecule has 6 heteroatoms. The van der Waals surface area contributed by atoms with Crippen molar-refractivity contribution >= 4 is 6.03 Å². The van der Waals surface area contributed by atoms with Gasteiger partial charge in [-0.25, -0.2) is 9.18 Å². The van der Waals surface area contributed by atoms with Gasteiger partial charge in [0.05, 0.1) is 11.6 Å². The highest BCUT2D eigenvalue weighted by Gasteiger charge is 2.30. The quantitative estimate of drug-likeness (QED) is 0.797. The minimum absolute atomic E-state index is 0.178. The molecule has 1 aromatic rings. The Morgan fingerprint density at radius 3 is 2.77 bits per heavy atom. The Hall–Kier alpha value is -1.66. The molecule has 2 amide bonds. The Balaban J connectivity index is 1.84. The summed E-state index contributed by atoms with van der Waals surface area (Å²) in [5, 5.41) is 15.7. The summed E-state index contributed by atoms with van der Waals surface area (Å²) in [6.07, 6.45) is 1.01. The molecule has 1 aliphatic heterocycles. The lowest BCUT2D eigenvalue weighted by molar-refractivity contribution is -0.0600. The molecule has 0 spiro atoms. The van der Waals surface area contributed by atoms with Crippen molar-refractivity contribution in [3.8, 4) is 0 Å². The zero-order valence-electron chi connectivity index (χ0n) is 13.0. The maximum atomic E-state index is 13.5. The number of halogens is 1. The van der Waals surface area contributed by atoms with Crippen LogP contribution in [0, 0.1) is 12.7 Å². The number of nitrogens with one attached hydrogen (secondary N) is 2. The van der Waals surface area contributed by atoms with Crippen molar-refractivity contribution in [1.29, 1.82) is 0 Å². The smallest absolute Gasteiger partial charge is 0.315 e. The van der Waals surface area contributed by atoms with Gasteiger partial charge in [-0.2, -0.15) is 0 Å². The van der Waals surface area contributed by atoms with Gasteiger partial charge in [-0.1, -0.05) is 12.1 Å². The van der Waals surface area contributed by atoms with Crippen LogP contribution in [0.4, 0.5) is 9.18 Å². The van der Waals surface area contributed by atoms with E-state index in [-0.39, 0.29) is 24.4 Å². The Labute approximate surface area is 129 Å². The summed E-state index contributed by atoms with van der Waals surface area (Å²) in [4.78, 5) is 11.9. The van der Waals surface area contributed by atoms with Crippen LogP contribution >= 0.6 is 0 Å². The molecule has 0 radical (unpaired) electrons. The highest BCUT2D eigenvalue weighted by molar-refractivity contribution is 5.74. The minimum atomic E-state index is -0.908. The minimum Gasteiger partial charge on any atom is -0.388 e. The molecular formula is C16H23FN2O3. The lowest BCUT2D eigenvalue weighted by atomic mass is 9.94. The molecule has 0 aromatic heterocycles. The summed E-state index contributed by atoms with van der Waals surface area (Å²) >= 11 is 0. The summed E-state index contributed by atoms with van der Waals surface area (Å²) < 4.78 is 18.7. The first-order chi connectivity index (χ1) is 10.4. The lowest BCUT2D eigenvalue weighted by Gasteiger charge is -2.32. The second-order valence-corrected chi connectivity index (χ2v) is 5.89. The summed E-state index contributed by atoms with van der Waals surface area (Å²) in [5.74, 6) is -0.289. The van der Waals surface area contributed by atoms with Crippen LogP contribution in [0.15, 0.2) is 18.2 Å². The molecule has 0 aliphatic carbocycles. The fraction of sp³-hybridized carbons (Fsp3) is 0.562. The number of aliphatic hydroxyl groups is 1. The molecule has 1 aliphatic rings. The van der Waals surface area contributed by atoms with E-state index in [0.717, 1.165) is 0 Å². The predicted molar refractivity (Wildman–Crippen MR) is 81.1 cm³/mol. The van der Waals surface area contributed by atoms with Crippen LogP contribution in [0.2, 0.25) is 0 Å². The summed E-state index contributed by atoms with van der Waals surface area (Å²) in [7, 11) is 0. The van der Waals surface area contributed by atoms with E-state index in [9.17, 15) is 14.3 Å². The number of hydrogen-bond acceptors (Lipinski definition) is 3. The monoisotopic (exact) mass is 310 g/mol. The van der Waals surface area contributed by atoms with E-state index in [1.165, 1.54) is 6.07 Å². The molecule has 1 heterocycles. The van der Waals surface area contributed by atoms with E-state index >= 15 is 0 Å². The molecule has 1 aromatic carbocycles. The zero-order chi connectivity index (χ0) is 16.2. The van der Waals surface area contributed by atoms with Gasteiger partial charge >= 0.3 is 6.03 Å². The average molecular weight is 310 g/mol. The van der Waals surface area contributed by atoms with Gasteiger partial charge in [-0.15, -0.1) is 0 Å². The van der Waals surface area contributed by atoms with Crippen molar-refractivity contribution in [2.45, 2.75) is 38.3 Å². The largest absolute Gasteiger partial charge is 0.388 e. The van der Waals surface area contributed by atoms with Gasteiger partial charge < -0.3 is 20.5 Å². The number of urea groups is 1. The summed E-state index contributed by atoms with van der Waals surface area (Å²) in [6.45, 7) is 4.65. The number of carbonyl (C=O) groups is 1. The summed E-state index contributed by atoms with van der Waals surface area (Å²) in [6, 6.07) is 4.19. The fourth-order valence-electron chi connectivity index (χ4n) is 2.38. The Bertz CT molecular complexity index is 530. The molecule has 0 unspecified atom stereocenters. The van der Waals surface area contributed by atoms with Crippen molar-refractivity contribution in [3.63, 3.8) is 0 Å². The third-order valence-electron chi connectivity index (χ3n) is 4.05. The van der Waals surface area contributed by atoms with Crippen molar-refractivity contribution in [2.24, 2.45) is 0 Å². The number of amides is 2. The van der Waals surface area contributed by atoms with Crippen molar-refractivity contribution in [2.75, 3.05) is 19.8 Å². The standard InChI is InChI=1S/C16H23FN2O3/c1-11-3-4-13(9-14(11)17)12(2)19-15(20)18-10-16(21)5-7-22-8-6-16/h3-4,9,12,21H,5-8,10H2,1-2H3,(H2,18,19,20)/t12-/m1/s1. The molecule has 3 N–H and O–H groups in total. The van der Waals surface area contributed by atoms with Crippen LogP contribution in [-0.2, 0) is 4.74 Å². The number of carbonyl (C=O) groups excluding carboxylic acids is 1. The molecule has 22 heavy (non-hydrogen) atoms. The molecule has 0 bridgehead atoms. The van der Waals surface area contributed by atoms with Gasteiger partial charge in [0.15, 0.2) is 0 Å². The molecular weight excluding hydrogens is 287 g/mol. The molecule has 1 atom stereocenters. The van der Waals surface area contributed by atoms with Gasteiger partial charge in [-0.05, 0) is 31.0 Å². The molecule has 2 rings (SSSR count). The number of rotatable bonds is 4. The normalized spacial score (nSPS) is 18.5. The van der Waals surface area contributed by atoms with Crippen molar-refractivity contribution < 1.29 is 19.0 Å². The van der Waals surface area contributed by atoms with Crippen LogP contribution in [0.3, 0.4) is 0 Å². The van der Waals surface area contributed by atoms with Gasteiger partial charge in [0.2, 0.25) is 0 Å². The maximum Gasteiger partial charge on any atom is 0.315 e. The second kappa shape index (κ2) is 7.07. The van der Waals surface area contributed by atoms with Gasteiger partial charge in [-0.3, -0.25) is 0 Å². The van der Waals surface area contributed by atoms with Crippen LogP contribution < -0.4 is 10.6 Å². The topological polar surface area (TPSA) is 70.6 Å². The molecule has 1 saturated heterocycles. The van der Waals surface area contributed by atoms with E-state index < -0.39 is 5.60 Å². The van der Waals surface area contributed by atoms with Crippen LogP contribution in [0.25, 0.3) is 0 Å². The number of benzene rings is 1. The first-order valence-corrected chi connectivity index (χ1v) is 7.50. The van der Waals surface area contributed by atoms with E-state index in [2.05, 4.69) is 10.6 Å². The van der Waals surface area contributed by atoms with Gasteiger partial charge in [0.1, 0.15) is 5.82 Å². The Morgan fingerprint density at radius 1 is 1.45 bits per heavy atom. The zero-order valence-corrected chi connectivity index (χ0v) is 13.0. The molecule has 0 saturated carbocycles. The van der Waals surface area contributed by atoms with Crippen molar-refractivity contribution in [3.05, 3.63) is 35.1 Å². The molecule has 122 valence electrons. The Kier molecular flexibility index (Phi) is 5.37. The number of hydrogen-bond donors (Lipinski definition) is 3. The van der Waals surface area contributed by atoms with Crippen LogP contribution in [0.5, 0.6) is 0 Å². The molecule has 1 fully saturated rings. The first-order valence-electron chi connectivity index (χ1n) is 7.50. The average Bonchev–Trinajstić information content (AvgIpc) is 2.49. The number of aryl methyl sites for hydroxylation is 1. The fourth-order valence-corrected chi connectivity index (χ4v) is 2.38. The first kappa shape index (κ1) is 16.7. The van der Waals surface area contributed by atoms with E-state index in [0.29, 0.717) is 37.2 Å². The summed E-state index contributed by atoms with van der Waals surface area (Å²) in [5.41, 5.74) is 0.361. The highest BCUT2D eigenvalue weighted by atomic mass is 19.1. The third kappa shape index (κ3) is 4.42.